The second-order valence-corrected chi connectivity index (χ2v) is 6.60. The van der Waals surface area contributed by atoms with Gasteiger partial charge in [0, 0.05) is 11.8 Å². The van der Waals surface area contributed by atoms with Crippen LogP contribution in [0.3, 0.4) is 0 Å². The minimum Gasteiger partial charge on any atom is -0.319 e. The number of amides is 1. The molecule has 0 aliphatic heterocycles. The second-order valence-electron chi connectivity index (χ2n) is 4.83. The van der Waals surface area contributed by atoms with Crippen molar-refractivity contribution < 1.29 is 4.79 Å². The van der Waals surface area contributed by atoms with Gasteiger partial charge in [0.1, 0.15) is 5.69 Å². The van der Waals surface area contributed by atoms with Crippen LogP contribution < -0.4 is 5.32 Å². The largest absolute Gasteiger partial charge is 0.319 e. The van der Waals surface area contributed by atoms with Crippen molar-refractivity contribution in [3.05, 3.63) is 70.3 Å². The van der Waals surface area contributed by atoms with Crippen LogP contribution in [0.1, 0.15) is 21.1 Å². The van der Waals surface area contributed by atoms with Gasteiger partial charge in [0.25, 0.3) is 5.91 Å². The average molecular weight is 341 g/mol. The van der Waals surface area contributed by atoms with E-state index in [0.29, 0.717) is 11.4 Å². The third kappa shape index (κ3) is 4.18. The molecule has 6 heteroatoms. The van der Waals surface area contributed by atoms with Crippen molar-refractivity contribution in [2.75, 3.05) is 11.6 Å². The van der Waals surface area contributed by atoms with E-state index in [-0.39, 0.29) is 5.91 Å². The Morgan fingerprint density at radius 1 is 1.22 bits per heavy atom. The molecule has 3 aromatic rings. The van der Waals surface area contributed by atoms with Crippen LogP contribution in [0.5, 0.6) is 0 Å². The Balaban J connectivity index is 1.66. The van der Waals surface area contributed by atoms with Crippen molar-refractivity contribution >= 4 is 34.7 Å². The Bertz CT molecular complexity index is 785. The fraction of sp³-hybridized carbons (Fsp3) is 0.118. The summed E-state index contributed by atoms with van der Waals surface area (Å²) in [5.74, 6) is -0.209. The summed E-state index contributed by atoms with van der Waals surface area (Å²) in [5, 5.41) is 6.46. The molecule has 0 saturated carbocycles. The molecule has 0 aliphatic rings. The number of carbonyl (C=O) groups excluding carboxylic acids is 1. The number of rotatable bonds is 5. The molecule has 0 saturated heterocycles. The van der Waals surface area contributed by atoms with Crippen LogP contribution in [0, 0.1) is 0 Å². The lowest BCUT2D eigenvalue weighted by Crippen LogP contribution is -2.12. The third-order valence-corrected chi connectivity index (χ3v) is 4.69. The predicted molar refractivity (Wildman–Crippen MR) is 95.3 cm³/mol. The molecule has 4 nitrogen and oxygen atoms in total. The molecule has 3 rings (SSSR count). The van der Waals surface area contributed by atoms with Crippen molar-refractivity contribution in [3.63, 3.8) is 0 Å². The van der Waals surface area contributed by atoms with Crippen LogP contribution in [0.25, 0.3) is 0 Å². The molecule has 2 heterocycles. The molecular weight excluding hydrogens is 326 g/mol. The maximum atomic E-state index is 12.2. The number of hydrogen-bond donors (Lipinski definition) is 1. The first-order chi connectivity index (χ1) is 11.2. The number of nitrogens with one attached hydrogen (secondary N) is 1. The van der Waals surface area contributed by atoms with Gasteiger partial charge in [-0.15, -0.1) is 23.1 Å². The summed E-state index contributed by atoms with van der Waals surface area (Å²) in [6.07, 6.45) is 4.36. The number of pyridine rings is 1. The Kier molecular flexibility index (Phi) is 5.05. The number of anilines is 1. The summed E-state index contributed by atoms with van der Waals surface area (Å²) in [4.78, 5) is 20.9. The highest BCUT2D eigenvalue weighted by atomic mass is 32.2. The van der Waals surface area contributed by atoms with E-state index in [4.69, 9.17) is 0 Å². The second kappa shape index (κ2) is 7.39. The first-order valence-electron chi connectivity index (χ1n) is 7.04. The van der Waals surface area contributed by atoms with Crippen LogP contribution in [0.4, 0.5) is 5.69 Å². The van der Waals surface area contributed by atoms with Gasteiger partial charge in [0.15, 0.2) is 0 Å². The predicted octanol–water partition coefficient (Wildman–Crippen LogP) is 4.10. The quantitative estimate of drug-likeness (QED) is 0.710. The molecule has 1 amide bonds. The summed E-state index contributed by atoms with van der Waals surface area (Å²) in [5.41, 5.74) is 2.30. The van der Waals surface area contributed by atoms with Crippen LogP contribution in [-0.4, -0.2) is 22.1 Å². The molecule has 0 unspecified atom stereocenters. The van der Waals surface area contributed by atoms with Crippen molar-refractivity contribution in [3.8, 4) is 0 Å². The molecule has 23 heavy (non-hydrogen) atoms. The smallest absolute Gasteiger partial charge is 0.275 e. The van der Waals surface area contributed by atoms with Gasteiger partial charge >= 0.3 is 0 Å². The highest BCUT2D eigenvalue weighted by molar-refractivity contribution is 7.98. The standard InChI is InChI=1S/C17H15N3OS2/c1-22-15-8-7-13(10-18-15)19-17(21)14-11-23-16(20-14)9-12-5-3-2-4-6-12/h2-8,10-11H,9H2,1H3,(H,19,21). The van der Waals surface area contributed by atoms with Gasteiger partial charge in [-0.25, -0.2) is 9.97 Å². The molecule has 0 atom stereocenters. The highest BCUT2D eigenvalue weighted by Crippen LogP contribution is 2.17. The molecule has 0 radical (unpaired) electrons. The van der Waals surface area contributed by atoms with Gasteiger partial charge in [-0.2, -0.15) is 0 Å². The summed E-state index contributed by atoms with van der Waals surface area (Å²) in [6.45, 7) is 0. The minimum absolute atomic E-state index is 0.209. The van der Waals surface area contributed by atoms with E-state index in [1.54, 1.807) is 23.3 Å². The van der Waals surface area contributed by atoms with Gasteiger partial charge in [-0.1, -0.05) is 30.3 Å². The van der Waals surface area contributed by atoms with E-state index in [0.717, 1.165) is 16.5 Å². The van der Waals surface area contributed by atoms with Crippen LogP contribution in [0.2, 0.25) is 0 Å². The van der Waals surface area contributed by atoms with Gasteiger partial charge in [0.2, 0.25) is 0 Å². The monoisotopic (exact) mass is 341 g/mol. The van der Waals surface area contributed by atoms with E-state index >= 15 is 0 Å². The van der Waals surface area contributed by atoms with Crippen LogP contribution in [-0.2, 0) is 6.42 Å². The van der Waals surface area contributed by atoms with E-state index < -0.39 is 0 Å². The van der Waals surface area contributed by atoms with E-state index in [2.05, 4.69) is 27.4 Å². The van der Waals surface area contributed by atoms with Gasteiger partial charge < -0.3 is 5.32 Å². The molecule has 1 aromatic carbocycles. The van der Waals surface area contributed by atoms with Crippen molar-refractivity contribution in [2.24, 2.45) is 0 Å². The Labute approximate surface area is 143 Å². The molecule has 0 bridgehead atoms. The number of carbonyl (C=O) groups is 1. The molecule has 1 N–H and O–H groups in total. The summed E-state index contributed by atoms with van der Waals surface area (Å²) in [6, 6.07) is 13.8. The van der Waals surface area contributed by atoms with E-state index in [1.165, 1.54) is 16.9 Å². The lowest BCUT2D eigenvalue weighted by atomic mass is 10.2. The Morgan fingerprint density at radius 2 is 2.04 bits per heavy atom. The van der Waals surface area contributed by atoms with Crippen LogP contribution in [0.15, 0.2) is 59.1 Å². The molecule has 0 fully saturated rings. The average Bonchev–Trinajstić information content (AvgIpc) is 3.05. The maximum Gasteiger partial charge on any atom is 0.275 e. The molecule has 0 aliphatic carbocycles. The zero-order valence-electron chi connectivity index (χ0n) is 12.5. The lowest BCUT2D eigenvalue weighted by molar-refractivity contribution is 0.102. The zero-order chi connectivity index (χ0) is 16.1. The number of nitrogens with zero attached hydrogens (tertiary/aromatic N) is 2. The number of thiazole rings is 1. The first-order valence-corrected chi connectivity index (χ1v) is 9.15. The number of thioether (sulfide) groups is 1. The Morgan fingerprint density at radius 3 is 2.74 bits per heavy atom. The zero-order valence-corrected chi connectivity index (χ0v) is 14.2. The summed E-state index contributed by atoms with van der Waals surface area (Å²) < 4.78 is 0. The number of benzene rings is 1. The first kappa shape index (κ1) is 15.7. The fourth-order valence-corrected chi connectivity index (χ4v) is 3.21. The maximum absolute atomic E-state index is 12.2. The number of aromatic nitrogens is 2. The minimum atomic E-state index is -0.209. The molecule has 2 aromatic heterocycles. The van der Waals surface area contributed by atoms with Crippen molar-refractivity contribution in [1.29, 1.82) is 0 Å². The fourth-order valence-electron chi connectivity index (χ4n) is 2.04. The lowest BCUT2D eigenvalue weighted by Gasteiger charge is -2.03. The SMILES string of the molecule is CSc1ccc(NC(=O)c2csc(Cc3ccccc3)n2)cn1. The van der Waals surface area contributed by atoms with Crippen LogP contribution >= 0.6 is 23.1 Å². The van der Waals surface area contributed by atoms with Crippen molar-refractivity contribution in [1.82, 2.24) is 9.97 Å². The number of hydrogen-bond acceptors (Lipinski definition) is 5. The normalized spacial score (nSPS) is 10.5. The summed E-state index contributed by atoms with van der Waals surface area (Å²) >= 11 is 3.06. The van der Waals surface area contributed by atoms with E-state index in [9.17, 15) is 4.79 Å². The van der Waals surface area contributed by atoms with E-state index in [1.807, 2.05) is 36.6 Å². The molecule has 116 valence electrons. The topological polar surface area (TPSA) is 54.9 Å². The van der Waals surface area contributed by atoms with Gasteiger partial charge in [0.05, 0.1) is 21.9 Å². The van der Waals surface area contributed by atoms with Gasteiger partial charge in [-0.3, -0.25) is 4.79 Å². The van der Waals surface area contributed by atoms with Crippen molar-refractivity contribution in [2.45, 2.75) is 11.4 Å². The highest BCUT2D eigenvalue weighted by Gasteiger charge is 2.11. The van der Waals surface area contributed by atoms with Gasteiger partial charge in [-0.05, 0) is 24.0 Å². The molecular formula is C17H15N3OS2. The molecule has 0 spiro atoms. The Hall–Kier alpha value is -2.18. The third-order valence-electron chi connectivity index (χ3n) is 3.19. The summed E-state index contributed by atoms with van der Waals surface area (Å²) in [7, 11) is 0.